The van der Waals surface area contributed by atoms with Gasteiger partial charge in [0, 0.05) is 12.1 Å². The lowest BCUT2D eigenvalue weighted by atomic mass is 9.98. The Morgan fingerprint density at radius 2 is 1.13 bits per heavy atom. The number of hydrogen-bond acceptors (Lipinski definition) is 2. The number of allylic oxidation sites excluding steroid dienone is 2. The molecule has 3 heteroatoms. The van der Waals surface area contributed by atoms with E-state index in [1.807, 2.05) is 0 Å². The molecule has 0 radical (unpaired) electrons. The van der Waals surface area contributed by atoms with Crippen molar-refractivity contribution in [3.05, 3.63) is 23.8 Å². The second-order valence-electron chi connectivity index (χ2n) is 9.41. The van der Waals surface area contributed by atoms with Crippen molar-refractivity contribution in [3.8, 4) is 11.8 Å². The quantitative estimate of drug-likeness (QED) is 0.159. The van der Waals surface area contributed by atoms with Gasteiger partial charge < -0.3 is 10.2 Å². The molecule has 2 N–H and O–H groups in total. The first-order valence-electron chi connectivity index (χ1n) is 13.4. The second kappa shape index (κ2) is 18.2. The van der Waals surface area contributed by atoms with Gasteiger partial charge in [0.2, 0.25) is 0 Å². The van der Waals surface area contributed by atoms with Crippen molar-refractivity contribution in [3.63, 3.8) is 0 Å². The molecule has 1 unspecified atom stereocenters. The van der Waals surface area contributed by atoms with Gasteiger partial charge in [0.25, 0.3) is 0 Å². The first-order valence-corrected chi connectivity index (χ1v) is 13.4. The van der Waals surface area contributed by atoms with Crippen molar-refractivity contribution in [2.75, 3.05) is 0 Å². The van der Waals surface area contributed by atoms with E-state index in [-0.39, 0.29) is 17.8 Å². The maximum Gasteiger partial charge on any atom is 0.194 e. The highest BCUT2D eigenvalue weighted by Gasteiger charge is 2.18. The van der Waals surface area contributed by atoms with Crippen LogP contribution in [0, 0.1) is 0 Å². The highest BCUT2D eigenvalue weighted by Crippen LogP contribution is 2.34. The average Bonchev–Trinajstić information content (AvgIpc) is 3.09. The van der Waals surface area contributed by atoms with Crippen LogP contribution in [0.15, 0.2) is 23.8 Å². The Hall–Kier alpha value is -1.38. The van der Waals surface area contributed by atoms with E-state index in [9.17, 15) is 10.2 Å². The molecule has 0 aliphatic rings. The third-order valence-electron chi connectivity index (χ3n) is 6.55. The summed E-state index contributed by atoms with van der Waals surface area (Å²) in [4.78, 5) is 0. The third-order valence-corrected chi connectivity index (χ3v) is 6.55. The summed E-state index contributed by atoms with van der Waals surface area (Å²) in [5.74, 6) is 0.320. The van der Waals surface area contributed by atoms with Gasteiger partial charge in [-0.3, -0.25) is 4.57 Å². The van der Waals surface area contributed by atoms with Crippen molar-refractivity contribution < 1.29 is 10.2 Å². The van der Waals surface area contributed by atoms with Gasteiger partial charge in [-0.05, 0) is 19.8 Å². The van der Waals surface area contributed by atoms with Gasteiger partial charge in [0.05, 0.1) is 6.04 Å². The Morgan fingerprint density at radius 1 is 0.710 bits per heavy atom. The molecule has 0 saturated carbocycles. The Balaban J connectivity index is 2.14. The smallest absolute Gasteiger partial charge is 0.194 e. The van der Waals surface area contributed by atoms with Crippen molar-refractivity contribution in [2.24, 2.45) is 0 Å². The predicted molar refractivity (Wildman–Crippen MR) is 135 cm³/mol. The van der Waals surface area contributed by atoms with E-state index < -0.39 is 0 Å². The van der Waals surface area contributed by atoms with Gasteiger partial charge in [0.15, 0.2) is 11.8 Å². The number of unbranched alkanes of at least 4 members (excludes halogenated alkanes) is 15. The predicted octanol–water partition coefficient (Wildman–Crippen LogP) is 9.45. The monoisotopic (exact) mass is 433 g/mol. The van der Waals surface area contributed by atoms with Crippen LogP contribution >= 0.6 is 0 Å². The molecular weight excluding hydrogens is 382 g/mol. The molecule has 0 spiro atoms. The summed E-state index contributed by atoms with van der Waals surface area (Å²) < 4.78 is 1.69. The van der Waals surface area contributed by atoms with Gasteiger partial charge in [-0.2, -0.15) is 0 Å². The van der Waals surface area contributed by atoms with Crippen LogP contribution < -0.4 is 0 Å². The number of hydrogen-bond donors (Lipinski definition) is 2. The minimum atomic E-state index is 0.0588. The zero-order valence-corrected chi connectivity index (χ0v) is 20.9. The third kappa shape index (κ3) is 12.3. The van der Waals surface area contributed by atoms with Gasteiger partial charge in [-0.1, -0.05) is 128 Å². The lowest BCUT2D eigenvalue weighted by Crippen LogP contribution is -2.10. The van der Waals surface area contributed by atoms with Crippen molar-refractivity contribution >= 4 is 0 Å². The zero-order valence-electron chi connectivity index (χ0n) is 20.9. The van der Waals surface area contributed by atoms with Crippen LogP contribution in [0.25, 0.3) is 0 Å². The van der Waals surface area contributed by atoms with Gasteiger partial charge >= 0.3 is 0 Å². The maximum atomic E-state index is 10.2. The standard InChI is InChI=1S/C28H51NO2/c1-4-6-8-9-10-11-12-13-14-15-16-17-18-19-20-22-26(25(3)21-7-5-2)29-27(30)23-24-28(29)31/h21,23-24,26,30-31H,4-20,22H2,1-3H3. The number of rotatable bonds is 20. The average molecular weight is 434 g/mol. The van der Waals surface area contributed by atoms with E-state index in [1.165, 1.54) is 95.5 Å². The van der Waals surface area contributed by atoms with Crippen LogP contribution in [0.4, 0.5) is 0 Å². The zero-order chi connectivity index (χ0) is 22.7. The van der Waals surface area contributed by atoms with Gasteiger partial charge in [-0.15, -0.1) is 0 Å². The first-order chi connectivity index (χ1) is 15.1. The first kappa shape index (κ1) is 27.7. The molecule has 1 heterocycles. The van der Waals surface area contributed by atoms with Crippen molar-refractivity contribution in [1.29, 1.82) is 0 Å². The Bertz CT molecular complexity index is 556. The SMILES string of the molecule is CCCC=C(C)C(CCCCCCCCCCCCCCCCC)n1c(O)ccc1O. The van der Waals surface area contributed by atoms with Crippen LogP contribution in [-0.4, -0.2) is 14.8 Å². The number of aromatic hydroxyl groups is 2. The molecule has 0 fully saturated rings. The van der Waals surface area contributed by atoms with Crippen LogP contribution in [-0.2, 0) is 0 Å². The second-order valence-corrected chi connectivity index (χ2v) is 9.41. The summed E-state index contributed by atoms with van der Waals surface area (Å²) in [5.41, 5.74) is 1.24. The molecule has 0 aromatic carbocycles. The number of aromatic nitrogens is 1. The highest BCUT2D eigenvalue weighted by molar-refractivity contribution is 5.28. The molecule has 1 atom stereocenters. The molecule has 1 rings (SSSR count). The van der Waals surface area contributed by atoms with Crippen LogP contribution in [0.1, 0.15) is 142 Å². The molecule has 3 nitrogen and oxygen atoms in total. The van der Waals surface area contributed by atoms with Gasteiger partial charge in [-0.25, -0.2) is 0 Å². The summed E-state index contributed by atoms with van der Waals surface area (Å²) in [6, 6.07) is 3.23. The maximum absolute atomic E-state index is 10.2. The molecule has 31 heavy (non-hydrogen) atoms. The highest BCUT2D eigenvalue weighted by atomic mass is 16.3. The van der Waals surface area contributed by atoms with E-state index in [4.69, 9.17) is 0 Å². The Morgan fingerprint density at radius 3 is 1.55 bits per heavy atom. The van der Waals surface area contributed by atoms with E-state index in [1.54, 1.807) is 16.7 Å². The van der Waals surface area contributed by atoms with Crippen molar-refractivity contribution in [1.82, 2.24) is 4.57 Å². The summed E-state index contributed by atoms with van der Waals surface area (Å²) >= 11 is 0. The Kier molecular flexibility index (Phi) is 16.3. The molecular formula is C28H51NO2. The molecule has 0 aliphatic carbocycles. The number of nitrogens with zero attached hydrogens (tertiary/aromatic N) is 1. The molecule has 1 aromatic heterocycles. The minimum Gasteiger partial charge on any atom is -0.494 e. The fourth-order valence-electron chi connectivity index (χ4n) is 4.52. The molecule has 180 valence electrons. The summed E-state index contributed by atoms with van der Waals surface area (Å²) in [7, 11) is 0. The molecule has 0 aliphatic heterocycles. The van der Waals surface area contributed by atoms with Crippen LogP contribution in [0.5, 0.6) is 11.8 Å². The van der Waals surface area contributed by atoms with Crippen LogP contribution in [0.2, 0.25) is 0 Å². The fourth-order valence-corrected chi connectivity index (χ4v) is 4.52. The molecule has 0 saturated heterocycles. The van der Waals surface area contributed by atoms with E-state index in [2.05, 4.69) is 26.8 Å². The van der Waals surface area contributed by atoms with E-state index >= 15 is 0 Å². The lowest BCUT2D eigenvalue weighted by molar-refractivity contribution is 0.336. The summed E-state index contributed by atoms with van der Waals surface area (Å²) in [6.07, 6.45) is 25.9. The Labute approximate surface area is 193 Å². The van der Waals surface area contributed by atoms with E-state index in [0.29, 0.717) is 0 Å². The molecule has 0 bridgehead atoms. The largest absolute Gasteiger partial charge is 0.494 e. The minimum absolute atomic E-state index is 0.0588. The summed E-state index contributed by atoms with van der Waals surface area (Å²) in [6.45, 7) is 6.59. The molecule has 1 aromatic rings. The lowest BCUT2D eigenvalue weighted by Gasteiger charge is -2.22. The summed E-state index contributed by atoms with van der Waals surface area (Å²) in [5, 5.41) is 20.4. The fraction of sp³-hybridized carbons (Fsp3) is 0.786. The molecule has 0 amide bonds. The van der Waals surface area contributed by atoms with Gasteiger partial charge in [0.1, 0.15) is 0 Å². The van der Waals surface area contributed by atoms with Crippen molar-refractivity contribution in [2.45, 2.75) is 142 Å². The topological polar surface area (TPSA) is 45.4 Å². The normalized spacial score (nSPS) is 13.1. The van der Waals surface area contributed by atoms with Crippen LogP contribution in [0.3, 0.4) is 0 Å². The van der Waals surface area contributed by atoms with E-state index in [0.717, 1.165) is 25.7 Å².